The third-order valence-corrected chi connectivity index (χ3v) is 3.41. The van der Waals surface area contributed by atoms with Crippen LogP contribution in [0.2, 0.25) is 10.0 Å². The summed E-state index contributed by atoms with van der Waals surface area (Å²) in [5.41, 5.74) is 13.2. The molecule has 2 rings (SSSR count). The Labute approximate surface area is 128 Å². The molecule has 0 aliphatic carbocycles. The Morgan fingerprint density at radius 1 is 0.900 bits per heavy atom. The van der Waals surface area contributed by atoms with Gasteiger partial charge in [-0.3, -0.25) is 0 Å². The van der Waals surface area contributed by atoms with E-state index in [-0.39, 0.29) is 12.0 Å². The van der Waals surface area contributed by atoms with Crippen LogP contribution in [-0.2, 0) is 6.42 Å². The Kier molecular flexibility index (Phi) is 4.88. The number of aliphatic imine (C=N–C) groups is 1. The smallest absolute Gasteiger partial charge is 0.186 e. The zero-order chi connectivity index (χ0) is 14.5. The van der Waals surface area contributed by atoms with Gasteiger partial charge < -0.3 is 11.5 Å². The van der Waals surface area contributed by atoms with Gasteiger partial charge in [-0.25, -0.2) is 4.99 Å². The van der Waals surface area contributed by atoms with E-state index in [1.807, 2.05) is 48.5 Å². The monoisotopic (exact) mass is 307 g/mol. The van der Waals surface area contributed by atoms with Crippen molar-refractivity contribution in [1.82, 2.24) is 0 Å². The van der Waals surface area contributed by atoms with Gasteiger partial charge in [-0.2, -0.15) is 0 Å². The SMILES string of the molecule is NC(N)=NC(Cc1ccc(Cl)cc1)c1ccc(Cl)cc1. The molecule has 0 saturated carbocycles. The molecule has 0 amide bonds. The van der Waals surface area contributed by atoms with Gasteiger partial charge >= 0.3 is 0 Å². The van der Waals surface area contributed by atoms with Crippen LogP contribution in [0.25, 0.3) is 0 Å². The van der Waals surface area contributed by atoms with Crippen molar-refractivity contribution in [1.29, 1.82) is 0 Å². The molecule has 3 nitrogen and oxygen atoms in total. The summed E-state index contributed by atoms with van der Waals surface area (Å²) in [4.78, 5) is 4.29. The number of halogens is 2. The van der Waals surface area contributed by atoms with E-state index in [1.54, 1.807) is 0 Å². The summed E-state index contributed by atoms with van der Waals surface area (Å²) in [6.45, 7) is 0. The van der Waals surface area contributed by atoms with Crippen molar-refractivity contribution in [3.63, 3.8) is 0 Å². The molecule has 0 bridgehead atoms. The highest BCUT2D eigenvalue weighted by Crippen LogP contribution is 2.24. The molecular weight excluding hydrogens is 293 g/mol. The minimum Gasteiger partial charge on any atom is -0.370 e. The fourth-order valence-corrected chi connectivity index (χ4v) is 2.20. The van der Waals surface area contributed by atoms with Crippen LogP contribution < -0.4 is 11.5 Å². The van der Waals surface area contributed by atoms with Crippen LogP contribution in [0.15, 0.2) is 53.5 Å². The molecule has 2 aromatic rings. The van der Waals surface area contributed by atoms with E-state index in [0.717, 1.165) is 11.1 Å². The molecule has 5 heteroatoms. The van der Waals surface area contributed by atoms with Crippen molar-refractivity contribution in [3.05, 3.63) is 69.7 Å². The van der Waals surface area contributed by atoms with Crippen molar-refractivity contribution in [2.75, 3.05) is 0 Å². The van der Waals surface area contributed by atoms with Gasteiger partial charge in [0.05, 0.1) is 6.04 Å². The number of benzene rings is 2. The Morgan fingerprint density at radius 2 is 1.40 bits per heavy atom. The lowest BCUT2D eigenvalue weighted by Crippen LogP contribution is -2.24. The molecule has 2 aromatic carbocycles. The average Bonchev–Trinajstić information content (AvgIpc) is 2.41. The third-order valence-electron chi connectivity index (χ3n) is 2.90. The van der Waals surface area contributed by atoms with Crippen LogP contribution in [0.5, 0.6) is 0 Å². The maximum atomic E-state index is 5.90. The van der Waals surface area contributed by atoms with Gasteiger partial charge in [-0.15, -0.1) is 0 Å². The first-order valence-electron chi connectivity index (χ1n) is 6.13. The average molecular weight is 308 g/mol. The molecule has 0 aromatic heterocycles. The van der Waals surface area contributed by atoms with E-state index in [9.17, 15) is 0 Å². The van der Waals surface area contributed by atoms with Crippen LogP contribution in [0.3, 0.4) is 0 Å². The summed E-state index contributed by atoms with van der Waals surface area (Å²) in [5.74, 6) is 0.0684. The summed E-state index contributed by atoms with van der Waals surface area (Å²) in [6.07, 6.45) is 0.691. The Bertz CT molecular complexity index is 588. The molecule has 0 spiro atoms. The minimum atomic E-state index is -0.140. The van der Waals surface area contributed by atoms with Crippen molar-refractivity contribution in [3.8, 4) is 0 Å². The number of hydrogen-bond donors (Lipinski definition) is 2. The molecule has 0 fully saturated rings. The Morgan fingerprint density at radius 3 is 1.90 bits per heavy atom. The zero-order valence-corrected chi connectivity index (χ0v) is 12.3. The molecule has 0 aliphatic rings. The molecule has 104 valence electrons. The second-order valence-electron chi connectivity index (χ2n) is 4.45. The van der Waals surface area contributed by atoms with Gasteiger partial charge in [-0.1, -0.05) is 47.5 Å². The first kappa shape index (κ1) is 14.7. The molecule has 4 N–H and O–H groups in total. The van der Waals surface area contributed by atoms with Crippen LogP contribution in [0.1, 0.15) is 17.2 Å². The highest BCUT2D eigenvalue weighted by Gasteiger charge is 2.11. The van der Waals surface area contributed by atoms with Gasteiger partial charge in [0.15, 0.2) is 5.96 Å². The molecule has 20 heavy (non-hydrogen) atoms. The first-order chi connectivity index (χ1) is 9.54. The molecule has 1 unspecified atom stereocenters. The molecule has 0 heterocycles. The zero-order valence-electron chi connectivity index (χ0n) is 10.8. The van der Waals surface area contributed by atoms with E-state index in [1.165, 1.54) is 0 Å². The van der Waals surface area contributed by atoms with Gasteiger partial charge in [-0.05, 0) is 41.8 Å². The fourth-order valence-electron chi connectivity index (χ4n) is 1.95. The summed E-state index contributed by atoms with van der Waals surface area (Å²) in [7, 11) is 0. The maximum Gasteiger partial charge on any atom is 0.186 e. The predicted molar refractivity (Wildman–Crippen MR) is 85.2 cm³/mol. The van der Waals surface area contributed by atoms with Gasteiger partial charge in [0.25, 0.3) is 0 Å². The summed E-state index contributed by atoms with van der Waals surface area (Å²) >= 11 is 11.8. The predicted octanol–water partition coefficient (Wildman–Crippen LogP) is 3.55. The number of rotatable bonds is 4. The van der Waals surface area contributed by atoms with Gasteiger partial charge in [0.1, 0.15) is 0 Å². The molecule has 1 atom stereocenters. The quantitative estimate of drug-likeness (QED) is 0.670. The highest BCUT2D eigenvalue weighted by atomic mass is 35.5. The molecule has 0 aliphatic heterocycles. The van der Waals surface area contributed by atoms with E-state index in [4.69, 9.17) is 34.7 Å². The van der Waals surface area contributed by atoms with E-state index in [0.29, 0.717) is 16.5 Å². The van der Waals surface area contributed by atoms with E-state index >= 15 is 0 Å². The summed E-state index contributed by atoms with van der Waals surface area (Å²) < 4.78 is 0. The Balaban J connectivity index is 2.26. The molecule has 0 radical (unpaired) electrons. The Hall–Kier alpha value is -1.71. The standard InChI is InChI=1S/C15H15Cl2N3/c16-12-5-1-10(2-6-12)9-14(20-15(18)19)11-3-7-13(17)8-4-11/h1-8,14H,9H2,(H4,18,19,20). The lowest BCUT2D eigenvalue weighted by atomic mass is 9.99. The number of nitrogens with zero attached hydrogens (tertiary/aromatic N) is 1. The lowest BCUT2D eigenvalue weighted by molar-refractivity contribution is 0.722. The largest absolute Gasteiger partial charge is 0.370 e. The van der Waals surface area contributed by atoms with Crippen LogP contribution >= 0.6 is 23.2 Å². The summed E-state index contributed by atoms with van der Waals surface area (Å²) in [6, 6.07) is 15.0. The summed E-state index contributed by atoms with van der Waals surface area (Å²) in [5, 5.41) is 1.39. The van der Waals surface area contributed by atoms with E-state index < -0.39 is 0 Å². The highest BCUT2D eigenvalue weighted by molar-refractivity contribution is 6.30. The third kappa shape index (κ3) is 4.15. The molecular formula is C15H15Cl2N3. The van der Waals surface area contributed by atoms with Gasteiger partial charge in [0.2, 0.25) is 0 Å². The van der Waals surface area contributed by atoms with E-state index in [2.05, 4.69) is 4.99 Å². The number of nitrogens with two attached hydrogens (primary N) is 2. The fraction of sp³-hybridized carbons (Fsp3) is 0.133. The van der Waals surface area contributed by atoms with Crippen LogP contribution in [0.4, 0.5) is 0 Å². The minimum absolute atomic E-state index is 0.0684. The van der Waals surface area contributed by atoms with Crippen molar-refractivity contribution in [2.45, 2.75) is 12.5 Å². The first-order valence-corrected chi connectivity index (χ1v) is 6.89. The maximum absolute atomic E-state index is 5.90. The van der Waals surface area contributed by atoms with Crippen LogP contribution in [-0.4, -0.2) is 5.96 Å². The normalized spacial score (nSPS) is 11.9. The number of guanidine groups is 1. The van der Waals surface area contributed by atoms with Crippen molar-refractivity contribution >= 4 is 29.2 Å². The van der Waals surface area contributed by atoms with Gasteiger partial charge in [0, 0.05) is 10.0 Å². The van der Waals surface area contributed by atoms with Crippen molar-refractivity contribution < 1.29 is 0 Å². The molecule has 0 saturated heterocycles. The second-order valence-corrected chi connectivity index (χ2v) is 5.32. The van der Waals surface area contributed by atoms with Crippen LogP contribution in [0, 0.1) is 0 Å². The van der Waals surface area contributed by atoms with Crippen molar-refractivity contribution in [2.24, 2.45) is 16.5 Å². The lowest BCUT2D eigenvalue weighted by Gasteiger charge is -2.14. The second kappa shape index (κ2) is 6.64. The number of hydrogen-bond acceptors (Lipinski definition) is 1. The topological polar surface area (TPSA) is 64.4 Å².